The highest BCUT2D eigenvalue weighted by atomic mass is 32.1. The topological polar surface area (TPSA) is 235 Å². The molecule has 0 amide bonds. The highest BCUT2D eigenvalue weighted by Crippen LogP contribution is 2.50. The number of rotatable bonds is 16. The van der Waals surface area contributed by atoms with Gasteiger partial charge in [-0.1, -0.05) is 22.7 Å². The quantitative estimate of drug-likeness (QED) is 0.0524. The monoisotopic (exact) mass is 898 g/mol. The predicted octanol–water partition coefficient (Wildman–Crippen LogP) is 10.4. The first kappa shape index (κ1) is 39.8. The van der Waals surface area contributed by atoms with E-state index >= 15 is 0 Å². The van der Waals surface area contributed by atoms with Crippen molar-refractivity contribution in [1.82, 2.24) is 0 Å². The molecule has 0 bridgehead atoms. The van der Waals surface area contributed by atoms with Crippen LogP contribution in [0, 0.1) is 20.2 Å². The van der Waals surface area contributed by atoms with Gasteiger partial charge in [0.2, 0.25) is 0 Å². The first-order valence-electron chi connectivity index (χ1n) is 16.1. The Hall–Kier alpha value is -5.42. The van der Waals surface area contributed by atoms with E-state index in [-0.39, 0.29) is 22.8 Å². The van der Waals surface area contributed by atoms with Crippen LogP contribution in [-0.4, -0.2) is 54.1 Å². The Kier molecular flexibility index (Phi) is 11.3. The Balaban J connectivity index is 1.21. The molecule has 0 aliphatic carbocycles. The van der Waals surface area contributed by atoms with Gasteiger partial charge in [-0.25, -0.2) is 0 Å². The molecule has 290 valence electrons. The minimum Gasteiger partial charge on any atom is -0.481 e. The lowest BCUT2D eigenvalue weighted by atomic mass is 10.1. The summed E-state index contributed by atoms with van der Waals surface area (Å²) >= 11 is 8.54. The second kappa shape index (κ2) is 16.2. The molecule has 4 N–H and O–H groups in total. The fraction of sp³-hybridized carbons (Fsp3) is 0.111. The van der Waals surface area contributed by atoms with Crippen LogP contribution in [0.1, 0.15) is 22.3 Å². The van der Waals surface area contributed by atoms with Gasteiger partial charge in [0.05, 0.1) is 45.3 Å². The minimum atomic E-state index is -1.13. The summed E-state index contributed by atoms with van der Waals surface area (Å²) in [5.41, 5.74) is 1.76. The summed E-state index contributed by atoms with van der Waals surface area (Å²) in [6.07, 6.45) is -1.32. The maximum Gasteiger partial charge on any atom is 0.324 e. The zero-order valence-corrected chi connectivity index (χ0v) is 34.1. The highest BCUT2D eigenvalue weighted by molar-refractivity contribution is 7.31. The molecule has 0 saturated heterocycles. The largest absolute Gasteiger partial charge is 0.481 e. The van der Waals surface area contributed by atoms with Crippen molar-refractivity contribution in [1.29, 1.82) is 0 Å². The van der Waals surface area contributed by atoms with E-state index < -0.39 is 46.6 Å². The lowest BCUT2D eigenvalue weighted by molar-refractivity contribution is -0.380. The van der Waals surface area contributed by atoms with E-state index in [9.17, 15) is 59.8 Å². The highest BCUT2D eigenvalue weighted by Gasteiger charge is 2.25. The maximum absolute atomic E-state index is 11.9. The molecule has 7 rings (SSSR count). The number of hydrogen-bond acceptors (Lipinski definition) is 15. The molecule has 0 spiro atoms. The standard InChI is InChI=1S/C36H22N2O12S7/c39-29(40)11-15-7-25(54-33(15)21-3-5-23(52-21)35-17(13-31(43)44)9-27(56-35)37(47)48)19-1-2-20(51-19)26-8-16(12-30(41)42)34(55-26)22-4-6-24(53-22)36-18(14-32(45)46)10-28(57-36)38(49)50/h1-10H,11-14H2,(H,39,40)(H,41,42)(H,43,44)(H,45,46). The first-order chi connectivity index (χ1) is 27.1. The molecule has 0 aliphatic rings. The van der Waals surface area contributed by atoms with E-state index in [1.54, 1.807) is 24.3 Å². The minimum absolute atomic E-state index is 0.180. The van der Waals surface area contributed by atoms with Gasteiger partial charge < -0.3 is 20.4 Å². The summed E-state index contributed by atoms with van der Waals surface area (Å²) in [6.45, 7) is 0. The second-order valence-electron chi connectivity index (χ2n) is 12.1. The molecule has 0 fully saturated rings. The van der Waals surface area contributed by atoms with Crippen molar-refractivity contribution >= 4 is 113 Å². The zero-order valence-electron chi connectivity index (χ0n) is 28.4. The van der Waals surface area contributed by atoms with E-state index in [2.05, 4.69) is 0 Å². The van der Waals surface area contributed by atoms with E-state index in [0.29, 0.717) is 51.5 Å². The van der Waals surface area contributed by atoms with Crippen LogP contribution >= 0.6 is 79.4 Å². The van der Waals surface area contributed by atoms with Crippen LogP contribution in [0.15, 0.2) is 60.7 Å². The van der Waals surface area contributed by atoms with Crippen molar-refractivity contribution in [3.05, 3.63) is 103 Å². The summed E-state index contributed by atoms with van der Waals surface area (Å²) < 4.78 is 0. The van der Waals surface area contributed by atoms with Crippen molar-refractivity contribution in [3.63, 3.8) is 0 Å². The predicted molar refractivity (Wildman–Crippen MR) is 223 cm³/mol. The molecule has 0 saturated carbocycles. The van der Waals surface area contributed by atoms with Crippen molar-refractivity contribution in [2.24, 2.45) is 0 Å². The van der Waals surface area contributed by atoms with Crippen molar-refractivity contribution in [2.45, 2.75) is 25.7 Å². The maximum atomic E-state index is 11.9. The average Bonchev–Trinajstić information content (AvgIpc) is 3.96. The normalized spacial score (nSPS) is 11.2. The zero-order chi connectivity index (χ0) is 40.7. The Morgan fingerprint density at radius 1 is 0.404 bits per heavy atom. The van der Waals surface area contributed by atoms with Crippen LogP contribution in [0.4, 0.5) is 10.0 Å². The number of nitro groups is 2. The molecule has 0 aromatic carbocycles. The molecule has 0 radical (unpaired) electrons. The number of nitrogens with zero attached hydrogens (tertiary/aromatic N) is 2. The van der Waals surface area contributed by atoms with Gasteiger partial charge in [0.15, 0.2) is 0 Å². The molecule has 14 nitrogen and oxygen atoms in total. The molecule has 57 heavy (non-hydrogen) atoms. The third-order valence-electron chi connectivity index (χ3n) is 8.14. The Labute approximate surface area is 347 Å². The number of carboxylic acid groups (broad SMARTS) is 4. The van der Waals surface area contributed by atoms with E-state index in [1.807, 2.05) is 24.3 Å². The fourth-order valence-corrected chi connectivity index (χ4v) is 14.0. The molecular weight excluding hydrogens is 877 g/mol. The Morgan fingerprint density at radius 3 is 0.965 bits per heavy atom. The van der Waals surface area contributed by atoms with Crippen LogP contribution in [-0.2, 0) is 44.9 Å². The molecular formula is C36H22N2O12S7. The summed E-state index contributed by atoms with van der Waals surface area (Å²) in [6, 6.07) is 17.0. The van der Waals surface area contributed by atoms with Crippen LogP contribution < -0.4 is 0 Å². The van der Waals surface area contributed by atoms with Crippen LogP contribution in [0.3, 0.4) is 0 Å². The molecule has 0 atom stereocenters. The van der Waals surface area contributed by atoms with Crippen molar-refractivity contribution in [3.8, 4) is 58.5 Å². The van der Waals surface area contributed by atoms with Gasteiger partial charge >= 0.3 is 33.9 Å². The molecule has 7 heterocycles. The molecule has 0 unspecified atom stereocenters. The fourth-order valence-electron chi connectivity index (χ4n) is 5.89. The number of aliphatic carboxylic acids is 4. The van der Waals surface area contributed by atoms with Gasteiger partial charge in [0, 0.05) is 60.9 Å². The third-order valence-corrected chi connectivity index (χ3v) is 17.1. The van der Waals surface area contributed by atoms with E-state index in [1.165, 1.54) is 68.8 Å². The lowest BCUT2D eigenvalue weighted by Gasteiger charge is -1.99. The number of thiophene rings is 7. The van der Waals surface area contributed by atoms with Crippen molar-refractivity contribution in [2.75, 3.05) is 0 Å². The SMILES string of the molecule is O=C(O)Cc1cc(-c2ccc(-c3cc(CC(=O)O)c(-c4ccc(-c5sc([N+](=O)[O-])cc5CC(=O)O)s4)s3)s2)sc1-c1ccc(-c2sc([N+](=O)[O-])cc2CC(=O)O)s1. The molecule has 7 aromatic rings. The van der Waals surface area contributed by atoms with Crippen LogP contribution in [0.25, 0.3) is 58.5 Å². The Morgan fingerprint density at radius 2 is 0.667 bits per heavy atom. The van der Waals surface area contributed by atoms with Gasteiger partial charge in [0.1, 0.15) is 0 Å². The smallest absolute Gasteiger partial charge is 0.324 e. The summed E-state index contributed by atoms with van der Waals surface area (Å²) in [7, 11) is 0. The van der Waals surface area contributed by atoms with Gasteiger partial charge in [-0.2, -0.15) is 0 Å². The van der Waals surface area contributed by atoms with Gasteiger partial charge in [0.25, 0.3) is 0 Å². The molecule has 21 heteroatoms. The van der Waals surface area contributed by atoms with Gasteiger partial charge in [-0.15, -0.1) is 56.7 Å². The summed E-state index contributed by atoms with van der Waals surface area (Å²) in [5.74, 6) is -4.33. The van der Waals surface area contributed by atoms with Crippen LogP contribution in [0.2, 0.25) is 0 Å². The number of hydrogen-bond donors (Lipinski definition) is 4. The second-order valence-corrected chi connectivity index (χ2v) is 19.5. The van der Waals surface area contributed by atoms with E-state index in [4.69, 9.17) is 0 Å². The summed E-state index contributed by atoms with van der Waals surface area (Å²) in [4.78, 5) is 76.9. The Bertz CT molecular complexity index is 2570. The van der Waals surface area contributed by atoms with Gasteiger partial charge in [-0.05, 0) is 70.8 Å². The van der Waals surface area contributed by atoms with Gasteiger partial charge in [-0.3, -0.25) is 39.4 Å². The third kappa shape index (κ3) is 8.63. The average molecular weight is 899 g/mol. The number of carbonyl (C=O) groups is 4. The van der Waals surface area contributed by atoms with Crippen LogP contribution in [0.5, 0.6) is 0 Å². The summed E-state index contributed by atoms with van der Waals surface area (Å²) in [5, 5.41) is 60.9. The molecule has 0 aliphatic heterocycles. The lowest BCUT2D eigenvalue weighted by Crippen LogP contribution is -1.99. The number of carboxylic acids is 4. The molecule has 7 aromatic heterocycles. The first-order valence-corrected chi connectivity index (χ1v) is 21.8. The van der Waals surface area contributed by atoms with E-state index in [0.717, 1.165) is 51.9 Å². The van der Waals surface area contributed by atoms with Crippen molar-refractivity contribution < 1.29 is 49.5 Å².